The number of nitrogens with one attached hydrogen (secondary N) is 1. The van der Waals surface area contributed by atoms with E-state index in [2.05, 4.69) is 5.32 Å². The number of piperidine rings is 1. The predicted octanol–water partition coefficient (Wildman–Crippen LogP) is 2.10. The number of benzene rings is 1. The van der Waals surface area contributed by atoms with E-state index < -0.39 is 11.6 Å². The van der Waals surface area contributed by atoms with E-state index in [4.69, 9.17) is 0 Å². The van der Waals surface area contributed by atoms with Gasteiger partial charge in [-0.05, 0) is 36.6 Å². The van der Waals surface area contributed by atoms with E-state index in [1.807, 2.05) is 13.8 Å². The van der Waals surface area contributed by atoms with Crippen molar-refractivity contribution in [1.82, 2.24) is 5.32 Å². The number of fused-ring (bicyclic) bond motifs is 1. The fraction of sp³-hybridized carbons (Fsp3) is 0.533. The van der Waals surface area contributed by atoms with Crippen LogP contribution in [0.25, 0.3) is 0 Å². The van der Waals surface area contributed by atoms with Crippen LogP contribution in [0.4, 0.5) is 14.5 Å². The lowest BCUT2D eigenvalue weighted by Gasteiger charge is -2.41. The quantitative estimate of drug-likeness (QED) is 0.854. The van der Waals surface area contributed by atoms with Crippen molar-refractivity contribution in [3.05, 3.63) is 29.3 Å². The molecular weight excluding hydrogens is 262 g/mol. The molecule has 2 unspecified atom stereocenters. The molecule has 1 aromatic carbocycles. The Morgan fingerprint density at radius 1 is 1.20 bits per heavy atom. The highest BCUT2D eigenvalue weighted by Crippen LogP contribution is 2.38. The van der Waals surface area contributed by atoms with Crippen molar-refractivity contribution in [2.45, 2.75) is 26.3 Å². The van der Waals surface area contributed by atoms with Gasteiger partial charge in [0, 0.05) is 6.04 Å². The van der Waals surface area contributed by atoms with Gasteiger partial charge in [-0.3, -0.25) is 4.79 Å². The smallest absolute Gasteiger partial charge is 0.231 e. The van der Waals surface area contributed by atoms with Crippen LogP contribution in [-0.2, 0) is 11.2 Å². The molecule has 1 N–H and O–H groups in total. The second-order valence-electron chi connectivity index (χ2n) is 5.91. The topological polar surface area (TPSA) is 32.3 Å². The van der Waals surface area contributed by atoms with E-state index >= 15 is 0 Å². The second kappa shape index (κ2) is 4.81. The average Bonchev–Trinajstić information content (AvgIpc) is 2.72. The summed E-state index contributed by atoms with van der Waals surface area (Å²) >= 11 is 0. The summed E-state index contributed by atoms with van der Waals surface area (Å²) in [6.45, 7) is 5.64. The molecule has 108 valence electrons. The van der Waals surface area contributed by atoms with Crippen LogP contribution < -0.4 is 10.2 Å². The number of halogens is 2. The molecule has 3 rings (SSSR count). The lowest BCUT2D eigenvalue weighted by atomic mass is 9.85. The molecule has 1 aromatic rings. The summed E-state index contributed by atoms with van der Waals surface area (Å²) < 4.78 is 27.7. The van der Waals surface area contributed by atoms with Gasteiger partial charge in [-0.1, -0.05) is 19.9 Å². The van der Waals surface area contributed by atoms with Crippen molar-refractivity contribution in [1.29, 1.82) is 0 Å². The molecule has 1 fully saturated rings. The monoisotopic (exact) mass is 280 g/mol. The average molecular weight is 280 g/mol. The molecule has 0 spiro atoms. The van der Waals surface area contributed by atoms with Gasteiger partial charge >= 0.3 is 0 Å². The maximum Gasteiger partial charge on any atom is 0.231 e. The molecule has 20 heavy (non-hydrogen) atoms. The first-order valence-electron chi connectivity index (χ1n) is 7.00. The Hall–Kier alpha value is -1.49. The molecule has 3 nitrogen and oxygen atoms in total. The second-order valence-corrected chi connectivity index (χ2v) is 5.91. The third kappa shape index (κ3) is 1.92. The summed E-state index contributed by atoms with van der Waals surface area (Å²) in [4.78, 5) is 13.8. The van der Waals surface area contributed by atoms with Gasteiger partial charge in [0.15, 0.2) is 11.6 Å². The highest BCUT2D eigenvalue weighted by atomic mass is 19.2. The van der Waals surface area contributed by atoms with Gasteiger partial charge in [0.25, 0.3) is 0 Å². The normalized spacial score (nSPS) is 29.7. The minimum atomic E-state index is -0.897. The van der Waals surface area contributed by atoms with Crippen LogP contribution in [0.1, 0.15) is 19.4 Å². The Morgan fingerprint density at radius 2 is 1.85 bits per heavy atom. The Morgan fingerprint density at radius 3 is 2.50 bits per heavy atom. The van der Waals surface area contributed by atoms with Crippen LogP contribution in [0.5, 0.6) is 0 Å². The fourth-order valence-electron chi connectivity index (χ4n) is 3.52. The molecule has 0 bridgehead atoms. The van der Waals surface area contributed by atoms with Gasteiger partial charge < -0.3 is 10.2 Å². The highest BCUT2D eigenvalue weighted by molar-refractivity contribution is 6.02. The molecule has 2 atom stereocenters. The van der Waals surface area contributed by atoms with Gasteiger partial charge in [-0.15, -0.1) is 0 Å². The molecule has 0 radical (unpaired) electrons. The number of hydrogen-bond acceptors (Lipinski definition) is 2. The minimum absolute atomic E-state index is 0.0821. The molecule has 1 saturated heterocycles. The largest absolute Gasteiger partial charge is 0.316 e. The summed E-state index contributed by atoms with van der Waals surface area (Å²) in [5.74, 6) is -1.51. The fourth-order valence-corrected chi connectivity index (χ4v) is 3.52. The van der Waals surface area contributed by atoms with Crippen molar-refractivity contribution < 1.29 is 13.6 Å². The Balaban J connectivity index is 2.07. The van der Waals surface area contributed by atoms with Crippen LogP contribution in [-0.4, -0.2) is 25.0 Å². The summed E-state index contributed by atoms with van der Waals surface area (Å²) in [5.41, 5.74) is 0.743. The van der Waals surface area contributed by atoms with Gasteiger partial charge in [-0.2, -0.15) is 0 Å². The van der Waals surface area contributed by atoms with Gasteiger partial charge in [-0.25, -0.2) is 8.78 Å². The van der Waals surface area contributed by atoms with Crippen molar-refractivity contribution in [3.8, 4) is 0 Å². The number of nitrogens with zero attached hydrogens (tertiary/aromatic N) is 1. The molecule has 2 heterocycles. The van der Waals surface area contributed by atoms with Crippen LogP contribution in [0.3, 0.4) is 0 Å². The van der Waals surface area contributed by atoms with Crippen LogP contribution in [0.15, 0.2) is 12.1 Å². The summed E-state index contributed by atoms with van der Waals surface area (Å²) in [6.07, 6.45) is 0.163. The Labute approximate surface area is 117 Å². The Bertz CT molecular complexity index is 551. The van der Waals surface area contributed by atoms with E-state index in [0.717, 1.165) is 19.2 Å². The third-order valence-corrected chi connectivity index (χ3v) is 4.40. The first-order valence-corrected chi connectivity index (χ1v) is 7.00. The Kier molecular flexibility index (Phi) is 3.24. The van der Waals surface area contributed by atoms with E-state index in [1.165, 1.54) is 11.0 Å². The number of anilines is 1. The van der Waals surface area contributed by atoms with Crippen LogP contribution in [0, 0.1) is 23.5 Å². The van der Waals surface area contributed by atoms with Crippen molar-refractivity contribution in [3.63, 3.8) is 0 Å². The standard InChI is InChI=1S/C15H18F2N2O/c1-8-6-18-7-9(2)14(8)19-12(20)5-10-3-4-11(16)13(17)15(10)19/h3-4,8-9,14,18H,5-7H2,1-2H3. The van der Waals surface area contributed by atoms with Gasteiger partial charge in [0.1, 0.15) is 0 Å². The van der Waals surface area contributed by atoms with Crippen molar-refractivity contribution in [2.75, 3.05) is 18.0 Å². The minimum Gasteiger partial charge on any atom is -0.316 e. The lowest BCUT2D eigenvalue weighted by Crippen LogP contribution is -2.55. The molecule has 0 aliphatic carbocycles. The molecule has 2 aliphatic heterocycles. The number of hydrogen-bond donors (Lipinski definition) is 1. The molecular formula is C15H18F2N2O. The summed E-state index contributed by atoms with van der Waals surface area (Å²) in [5, 5.41) is 3.30. The molecule has 1 amide bonds. The van der Waals surface area contributed by atoms with Gasteiger partial charge in [0.2, 0.25) is 5.91 Å². The number of carbonyl (C=O) groups excluding carboxylic acids is 1. The highest BCUT2D eigenvalue weighted by Gasteiger charge is 2.42. The number of rotatable bonds is 1. The number of carbonyl (C=O) groups is 1. The zero-order chi connectivity index (χ0) is 14.4. The van der Waals surface area contributed by atoms with Gasteiger partial charge in [0.05, 0.1) is 12.1 Å². The van der Waals surface area contributed by atoms with E-state index in [1.54, 1.807) is 0 Å². The summed E-state index contributed by atoms with van der Waals surface area (Å²) in [6, 6.07) is 2.53. The van der Waals surface area contributed by atoms with Crippen molar-refractivity contribution >= 4 is 11.6 Å². The predicted molar refractivity (Wildman–Crippen MR) is 72.5 cm³/mol. The zero-order valence-corrected chi connectivity index (χ0v) is 11.6. The molecule has 2 aliphatic rings. The zero-order valence-electron chi connectivity index (χ0n) is 11.6. The maximum absolute atomic E-state index is 14.2. The lowest BCUT2D eigenvalue weighted by molar-refractivity contribution is -0.118. The van der Waals surface area contributed by atoms with Crippen molar-refractivity contribution in [2.24, 2.45) is 11.8 Å². The van der Waals surface area contributed by atoms with Crippen LogP contribution in [0.2, 0.25) is 0 Å². The maximum atomic E-state index is 14.2. The first kappa shape index (κ1) is 13.5. The molecule has 5 heteroatoms. The number of amides is 1. The van der Waals surface area contributed by atoms with E-state index in [0.29, 0.717) is 5.56 Å². The van der Waals surface area contributed by atoms with E-state index in [9.17, 15) is 13.6 Å². The molecule has 0 saturated carbocycles. The summed E-state index contributed by atoms with van der Waals surface area (Å²) in [7, 11) is 0. The molecule has 0 aromatic heterocycles. The SMILES string of the molecule is CC1CNCC(C)C1N1C(=O)Cc2ccc(F)c(F)c21. The third-order valence-electron chi connectivity index (χ3n) is 4.40. The van der Waals surface area contributed by atoms with Crippen LogP contribution >= 0.6 is 0 Å². The van der Waals surface area contributed by atoms with E-state index in [-0.39, 0.29) is 35.9 Å². The first-order chi connectivity index (χ1) is 9.50.